The molecule has 5 N–H and O–H groups in total. The number of halogens is 1. The summed E-state index contributed by atoms with van der Waals surface area (Å²) in [5.74, 6) is -1.33. The van der Waals surface area contributed by atoms with Gasteiger partial charge in [0.2, 0.25) is 0 Å². The number of carbonyl (C=O) groups excluding carboxylic acids is 3. The lowest BCUT2D eigenvalue weighted by Gasteiger charge is -2.28. The molecule has 43 heavy (non-hydrogen) atoms. The topological polar surface area (TPSA) is 127 Å². The van der Waals surface area contributed by atoms with Crippen LogP contribution in [0.3, 0.4) is 0 Å². The zero-order valence-electron chi connectivity index (χ0n) is 25.7. The highest BCUT2D eigenvalue weighted by Gasteiger charge is 2.43. The highest BCUT2D eigenvalue weighted by Crippen LogP contribution is 2.40. The summed E-state index contributed by atoms with van der Waals surface area (Å²) in [6.45, 7) is 13.5. The van der Waals surface area contributed by atoms with Crippen LogP contribution in [0, 0.1) is 12.7 Å². The van der Waals surface area contributed by atoms with E-state index in [1.165, 1.54) is 12.1 Å². The number of aliphatic hydroxyl groups excluding tert-OH is 1. The van der Waals surface area contributed by atoms with E-state index in [0.717, 1.165) is 13.1 Å². The molecule has 2 heterocycles. The van der Waals surface area contributed by atoms with Gasteiger partial charge in [0.1, 0.15) is 5.82 Å². The highest BCUT2D eigenvalue weighted by molar-refractivity contribution is 6.10. The molecule has 2 aliphatic rings. The number of carbonyl (C=O) groups is 3. The third-order valence-corrected chi connectivity index (χ3v) is 7.96. The second kappa shape index (κ2) is 13.1. The van der Waals surface area contributed by atoms with Crippen molar-refractivity contribution in [1.82, 2.24) is 25.8 Å². The van der Waals surface area contributed by atoms with Crippen molar-refractivity contribution in [3.05, 3.63) is 75.9 Å². The summed E-state index contributed by atoms with van der Waals surface area (Å²) in [5, 5.41) is 19.3. The van der Waals surface area contributed by atoms with Gasteiger partial charge in [0.15, 0.2) is 0 Å². The van der Waals surface area contributed by atoms with Crippen molar-refractivity contribution in [2.24, 2.45) is 0 Å². The fourth-order valence-corrected chi connectivity index (χ4v) is 5.62. The van der Waals surface area contributed by atoms with E-state index >= 15 is 0 Å². The van der Waals surface area contributed by atoms with Gasteiger partial charge in [-0.25, -0.2) is 4.39 Å². The van der Waals surface area contributed by atoms with Gasteiger partial charge < -0.3 is 30.9 Å². The van der Waals surface area contributed by atoms with Crippen LogP contribution in [-0.2, 0) is 9.59 Å². The molecule has 1 fully saturated rings. The Hall–Kier alpha value is -4.02. The Labute approximate surface area is 252 Å². The first-order valence-corrected chi connectivity index (χ1v) is 14.8. The van der Waals surface area contributed by atoms with Crippen LogP contribution in [-0.4, -0.2) is 76.6 Å². The number of amides is 3. The van der Waals surface area contributed by atoms with Crippen molar-refractivity contribution in [2.75, 3.05) is 26.2 Å². The van der Waals surface area contributed by atoms with Gasteiger partial charge in [0.25, 0.3) is 17.7 Å². The molecule has 9 nitrogen and oxygen atoms in total. The van der Waals surface area contributed by atoms with Crippen molar-refractivity contribution in [3.63, 3.8) is 0 Å². The number of likely N-dealkylation sites (N-methyl/N-ethyl adjacent to an activating group) is 1. The molecule has 1 aliphatic heterocycles. The van der Waals surface area contributed by atoms with E-state index in [4.69, 9.17) is 0 Å². The average Bonchev–Trinajstić information content (AvgIpc) is 3.41. The fraction of sp³-hybridized carbons (Fsp3) is 0.424. The molecular weight excluding hydrogens is 549 g/mol. The van der Waals surface area contributed by atoms with Crippen molar-refractivity contribution in [2.45, 2.75) is 65.6 Å². The SMILES string of the molecule is CCN(CC)CC(O)CNC(=O)c1c(C)[nH]c(/C=C2\C(=O)NC3(C)CC=C(C(=O)NC(C)C)C=C23)c1-c1ccc(F)cc1. The molecule has 1 aromatic carbocycles. The van der Waals surface area contributed by atoms with E-state index in [0.29, 0.717) is 57.8 Å². The van der Waals surface area contributed by atoms with E-state index in [1.54, 1.807) is 31.2 Å². The molecule has 1 saturated heterocycles. The number of H-pyrrole nitrogens is 1. The van der Waals surface area contributed by atoms with E-state index in [1.807, 2.05) is 40.7 Å². The van der Waals surface area contributed by atoms with Crippen LogP contribution in [0.2, 0.25) is 0 Å². The minimum absolute atomic E-state index is 0.0403. The molecule has 2 unspecified atom stereocenters. The summed E-state index contributed by atoms with van der Waals surface area (Å²) in [7, 11) is 0. The number of nitrogens with zero attached hydrogens (tertiary/aromatic N) is 1. The first-order chi connectivity index (χ1) is 20.4. The van der Waals surface area contributed by atoms with Crippen LogP contribution in [0.15, 0.2) is 53.1 Å². The zero-order chi connectivity index (χ0) is 31.5. The summed E-state index contributed by atoms with van der Waals surface area (Å²) in [6, 6.07) is 5.76. The Morgan fingerprint density at radius 1 is 1.16 bits per heavy atom. The number of rotatable bonds is 11. The number of aryl methyl sites for hydroxylation is 1. The number of fused-ring (bicyclic) bond motifs is 1. The number of aromatic nitrogens is 1. The predicted octanol–water partition coefficient (Wildman–Crippen LogP) is 3.61. The lowest BCUT2D eigenvalue weighted by Crippen LogP contribution is -2.41. The van der Waals surface area contributed by atoms with Gasteiger partial charge in [-0.15, -0.1) is 0 Å². The Morgan fingerprint density at radius 3 is 2.47 bits per heavy atom. The lowest BCUT2D eigenvalue weighted by molar-refractivity contribution is -0.118. The molecule has 0 spiro atoms. The molecule has 0 radical (unpaired) electrons. The Morgan fingerprint density at radius 2 is 1.84 bits per heavy atom. The first-order valence-electron chi connectivity index (χ1n) is 14.8. The van der Waals surface area contributed by atoms with Crippen LogP contribution in [0.1, 0.15) is 62.8 Å². The second-order valence-corrected chi connectivity index (χ2v) is 11.7. The Balaban J connectivity index is 1.75. The molecule has 0 saturated carbocycles. The summed E-state index contributed by atoms with van der Waals surface area (Å²) in [4.78, 5) is 45.0. The van der Waals surface area contributed by atoms with Crippen molar-refractivity contribution < 1.29 is 23.9 Å². The smallest absolute Gasteiger partial charge is 0.253 e. The maximum Gasteiger partial charge on any atom is 0.253 e. The molecule has 3 amide bonds. The number of hydrogen-bond donors (Lipinski definition) is 5. The van der Waals surface area contributed by atoms with Gasteiger partial charge in [-0.1, -0.05) is 32.1 Å². The third kappa shape index (κ3) is 6.97. The standard InChI is InChI=1S/C33H42FN5O4/c1-7-39(8-2)18-24(40)17-35-32(43)28-20(5)37-27(29(28)21-9-11-23(34)12-10-21)16-25-26-15-22(30(41)36-19(3)4)13-14-33(26,6)38-31(25)42/h9-13,15-16,19,24,37,40H,7-8,14,17-18H2,1-6H3,(H,35,43)(H,36,41)(H,38,42)/b25-16-. The predicted molar refractivity (Wildman–Crippen MR) is 166 cm³/mol. The lowest BCUT2D eigenvalue weighted by atomic mass is 9.81. The fourth-order valence-electron chi connectivity index (χ4n) is 5.62. The minimum Gasteiger partial charge on any atom is -0.390 e. The maximum absolute atomic E-state index is 13.9. The van der Waals surface area contributed by atoms with Gasteiger partial charge in [-0.3, -0.25) is 14.4 Å². The van der Waals surface area contributed by atoms with Crippen LogP contribution in [0.5, 0.6) is 0 Å². The molecule has 0 bridgehead atoms. The monoisotopic (exact) mass is 591 g/mol. The van der Waals surface area contributed by atoms with E-state index in [9.17, 15) is 23.9 Å². The van der Waals surface area contributed by atoms with E-state index < -0.39 is 23.4 Å². The molecule has 10 heteroatoms. The van der Waals surface area contributed by atoms with Crippen molar-refractivity contribution in [3.8, 4) is 11.1 Å². The molecule has 2 aromatic rings. The van der Waals surface area contributed by atoms with Gasteiger partial charge in [0, 0.05) is 47.2 Å². The molecule has 230 valence electrons. The number of aliphatic hydroxyl groups is 1. The summed E-state index contributed by atoms with van der Waals surface area (Å²) >= 11 is 0. The average molecular weight is 592 g/mol. The molecule has 1 aliphatic carbocycles. The van der Waals surface area contributed by atoms with E-state index in [-0.39, 0.29) is 24.4 Å². The van der Waals surface area contributed by atoms with Crippen LogP contribution < -0.4 is 16.0 Å². The van der Waals surface area contributed by atoms with Gasteiger partial charge in [-0.2, -0.15) is 0 Å². The zero-order valence-corrected chi connectivity index (χ0v) is 25.7. The summed E-state index contributed by atoms with van der Waals surface area (Å²) < 4.78 is 13.9. The molecular formula is C33H42FN5O4. The number of benzene rings is 1. The summed E-state index contributed by atoms with van der Waals surface area (Å²) in [5.41, 5.74) is 3.32. The normalized spacial score (nSPS) is 19.7. The molecule has 1 aromatic heterocycles. The Kier molecular flexibility index (Phi) is 9.72. The van der Waals surface area contributed by atoms with E-state index in [2.05, 4.69) is 25.8 Å². The van der Waals surface area contributed by atoms with Crippen LogP contribution in [0.25, 0.3) is 17.2 Å². The Bertz CT molecular complexity index is 1480. The number of hydrogen-bond acceptors (Lipinski definition) is 5. The summed E-state index contributed by atoms with van der Waals surface area (Å²) in [6.07, 6.45) is 4.94. The van der Waals surface area contributed by atoms with Gasteiger partial charge in [-0.05, 0) is 82.6 Å². The minimum atomic E-state index is -0.757. The second-order valence-electron chi connectivity index (χ2n) is 11.7. The molecule has 4 rings (SSSR count). The van der Waals surface area contributed by atoms with Crippen LogP contribution >= 0.6 is 0 Å². The van der Waals surface area contributed by atoms with Crippen molar-refractivity contribution in [1.29, 1.82) is 0 Å². The molecule has 2 atom stereocenters. The van der Waals surface area contributed by atoms with Gasteiger partial charge >= 0.3 is 0 Å². The maximum atomic E-state index is 13.9. The first kappa shape index (κ1) is 31.9. The van der Waals surface area contributed by atoms with Crippen molar-refractivity contribution >= 4 is 23.8 Å². The number of aromatic amines is 1. The third-order valence-electron chi connectivity index (χ3n) is 7.96. The quantitative estimate of drug-likeness (QED) is 0.255. The van der Waals surface area contributed by atoms with Crippen LogP contribution in [0.4, 0.5) is 4.39 Å². The largest absolute Gasteiger partial charge is 0.390 e. The highest BCUT2D eigenvalue weighted by atomic mass is 19.1. The number of nitrogens with one attached hydrogen (secondary N) is 4. The van der Waals surface area contributed by atoms with Gasteiger partial charge in [0.05, 0.1) is 17.2 Å².